The van der Waals surface area contributed by atoms with E-state index in [9.17, 15) is 19.7 Å². The van der Waals surface area contributed by atoms with Crippen molar-refractivity contribution in [1.29, 1.82) is 0 Å². The normalized spacial score (nSPS) is 16.5. The maximum absolute atomic E-state index is 12.6. The summed E-state index contributed by atoms with van der Waals surface area (Å²) in [5.41, 5.74) is 2.77. The number of benzene rings is 2. The number of anilines is 2. The molecule has 0 bridgehead atoms. The van der Waals surface area contributed by atoms with Gasteiger partial charge in [-0.05, 0) is 37.1 Å². The van der Waals surface area contributed by atoms with Gasteiger partial charge in [0, 0.05) is 30.8 Å². The van der Waals surface area contributed by atoms with Crippen molar-refractivity contribution in [2.75, 3.05) is 16.8 Å². The maximum atomic E-state index is 12.6. The highest BCUT2D eigenvalue weighted by Crippen LogP contribution is 2.31. The van der Waals surface area contributed by atoms with Crippen LogP contribution < -0.4 is 10.2 Å². The first-order valence-electron chi connectivity index (χ1n) is 8.38. The summed E-state index contributed by atoms with van der Waals surface area (Å²) in [7, 11) is 0. The van der Waals surface area contributed by atoms with Crippen LogP contribution in [-0.4, -0.2) is 23.3 Å². The van der Waals surface area contributed by atoms with Crippen LogP contribution in [0.3, 0.4) is 0 Å². The molecule has 1 atom stereocenters. The quantitative estimate of drug-likeness (QED) is 0.636. The molecule has 1 saturated heterocycles. The Bertz CT molecular complexity index is 945. The molecule has 0 aromatic heterocycles. The van der Waals surface area contributed by atoms with E-state index in [1.165, 1.54) is 18.2 Å². The van der Waals surface area contributed by atoms with E-state index < -0.39 is 16.7 Å². The van der Waals surface area contributed by atoms with Crippen LogP contribution in [0.2, 0.25) is 5.02 Å². The van der Waals surface area contributed by atoms with Crippen LogP contribution in [0.25, 0.3) is 0 Å². The van der Waals surface area contributed by atoms with E-state index in [1.54, 1.807) is 4.90 Å². The van der Waals surface area contributed by atoms with Gasteiger partial charge in [-0.3, -0.25) is 19.7 Å². The van der Waals surface area contributed by atoms with Crippen LogP contribution in [0, 0.1) is 29.9 Å². The molecule has 1 aliphatic rings. The summed E-state index contributed by atoms with van der Waals surface area (Å²) in [6.07, 6.45) is 0.0752. The lowest BCUT2D eigenvalue weighted by Crippen LogP contribution is -2.28. The molecule has 3 rings (SSSR count). The largest absolute Gasteiger partial charge is 0.324 e. The fourth-order valence-electron chi connectivity index (χ4n) is 3.08. The Morgan fingerprint density at radius 2 is 2.00 bits per heavy atom. The standard InChI is InChI=1S/C19H18ClN3O4/c1-11-3-4-12(2)17(7-11)22-10-13(8-18(22)24)19(25)21-16-9-14(23(26)27)5-6-15(16)20/h3-7,9,13H,8,10H2,1-2H3,(H,21,25). The monoisotopic (exact) mass is 387 g/mol. The van der Waals surface area contributed by atoms with Crippen molar-refractivity contribution < 1.29 is 14.5 Å². The van der Waals surface area contributed by atoms with Crippen LogP contribution >= 0.6 is 11.6 Å². The first kappa shape index (κ1) is 18.8. The minimum Gasteiger partial charge on any atom is -0.324 e. The number of non-ortho nitro benzene ring substituents is 1. The second-order valence-electron chi connectivity index (χ2n) is 6.61. The van der Waals surface area contributed by atoms with Gasteiger partial charge in [0.15, 0.2) is 0 Å². The van der Waals surface area contributed by atoms with Crippen LogP contribution in [0.4, 0.5) is 17.1 Å². The number of nitrogens with zero attached hydrogens (tertiary/aromatic N) is 2. The summed E-state index contributed by atoms with van der Waals surface area (Å²) in [4.78, 5) is 37.0. The number of halogens is 1. The smallest absolute Gasteiger partial charge is 0.271 e. The topological polar surface area (TPSA) is 92.6 Å². The molecule has 2 amide bonds. The molecule has 0 saturated carbocycles. The zero-order valence-electron chi connectivity index (χ0n) is 14.9. The minimum absolute atomic E-state index is 0.0752. The van der Waals surface area contributed by atoms with E-state index in [2.05, 4.69) is 5.32 Å². The Morgan fingerprint density at radius 3 is 2.70 bits per heavy atom. The lowest BCUT2D eigenvalue weighted by molar-refractivity contribution is -0.384. The fraction of sp³-hybridized carbons (Fsp3) is 0.263. The maximum Gasteiger partial charge on any atom is 0.271 e. The van der Waals surface area contributed by atoms with Crippen molar-refractivity contribution in [1.82, 2.24) is 0 Å². The lowest BCUT2D eigenvalue weighted by atomic mass is 10.1. The molecule has 1 heterocycles. The molecule has 1 N–H and O–H groups in total. The van der Waals surface area contributed by atoms with Crippen LogP contribution in [-0.2, 0) is 9.59 Å². The van der Waals surface area contributed by atoms with Gasteiger partial charge in [-0.1, -0.05) is 23.7 Å². The van der Waals surface area contributed by atoms with Gasteiger partial charge in [0.1, 0.15) is 0 Å². The molecule has 0 radical (unpaired) electrons. The Kier molecular flexibility index (Phi) is 5.14. The highest BCUT2D eigenvalue weighted by Gasteiger charge is 2.36. The molecule has 2 aromatic carbocycles. The van der Waals surface area contributed by atoms with Crippen molar-refractivity contribution in [3.63, 3.8) is 0 Å². The van der Waals surface area contributed by atoms with Gasteiger partial charge in [0.25, 0.3) is 5.69 Å². The second kappa shape index (κ2) is 7.36. The first-order chi connectivity index (χ1) is 12.8. The van der Waals surface area contributed by atoms with Crippen LogP contribution in [0.5, 0.6) is 0 Å². The Morgan fingerprint density at radius 1 is 1.26 bits per heavy atom. The van der Waals surface area contributed by atoms with Crippen molar-refractivity contribution in [2.45, 2.75) is 20.3 Å². The van der Waals surface area contributed by atoms with Crippen LogP contribution in [0.1, 0.15) is 17.5 Å². The Hall–Kier alpha value is -2.93. The van der Waals surface area contributed by atoms with Gasteiger partial charge in [-0.15, -0.1) is 0 Å². The molecule has 1 unspecified atom stereocenters. The summed E-state index contributed by atoms with van der Waals surface area (Å²) in [5.74, 6) is -1.08. The highest BCUT2D eigenvalue weighted by molar-refractivity contribution is 6.33. The van der Waals surface area contributed by atoms with Gasteiger partial charge >= 0.3 is 0 Å². The number of amides is 2. The SMILES string of the molecule is Cc1ccc(C)c(N2CC(C(=O)Nc3cc([N+](=O)[O-])ccc3Cl)CC2=O)c1. The van der Waals surface area contributed by atoms with Crippen molar-refractivity contribution in [3.05, 3.63) is 62.7 Å². The van der Waals surface area contributed by atoms with E-state index >= 15 is 0 Å². The third-order valence-corrected chi connectivity index (χ3v) is 4.90. The number of aryl methyl sites for hydroxylation is 2. The zero-order chi connectivity index (χ0) is 19.7. The molecule has 0 spiro atoms. The fourth-order valence-corrected chi connectivity index (χ4v) is 3.25. The molecular weight excluding hydrogens is 370 g/mol. The van der Waals surface area contributed by atoms with E-state index in [0.29, 0.717) is 0 Å². The predicted molar refractivity (Wildman–Crippen MR) is 103 cm³/mol. The molecular formula is C19H18ClN3O4. The summed E-state index contributed by atoms with van der Waals surface area (Å²) < 4.78 is 0. The third kappa shape index (κ3) is 3.93. The first-order valence-corrected chi connectivity index (χ1v) is 8.76. The third-order valence-electron chi connectivity index (χ3n) is 4.57. The summed E-state index contributed by atoms with van der Waals surface area (Å²) >= 11 is 6.03. The number of nitro benzene ring substituents is 1. The molecule has 7 nitrogen and oxygen atoms in total. The number of nitrogens with one attached hydrogen (secondary N) is 1. The lowest BCUT2D eigenvalue weighted by Gasteiger charge is -2.19. The van der Waals surface area contributed by atoms with Crippen molar-refractivity contribution in [2.24, 2.45) is 5.92 Å². The number of carbonyl (C=O) groups excluding carboxylic acids is 2. The Balaban J connectivity index is 1.77. The molecule has 8 heteroatoms. The number of rotatable bonds is 4. The zero-order valence-corrected chi connectivity index (χ0v) is 15.6. The minimum atomic E-state index is -0.562. The predicted octanol–water partition coefficient (Wildman–Crippen LogP) is 3.86. The average Bonchev–Trinajstić information content (AvgIpc) is 3.00. The summed E-state index contributed by atoms with van der Waals surface area (Å²) in [5, 5.41) is 13.7. The highest BCUT2D eigenvalue weighted by atomic mass is 35.5. The van der Waals surface area contributed by atoms with Gasteiger partial charge in [-0.25, -0.2) is 0 Å². The molecule has 1 fully saturated rings. The molecule has 0 aliphatic carbocycles. The Labute approximate surface area is 161 Å². The van der Waals surface area contributed by atoms with E-state index in [-0.39, 0.29) is 35.3 Å². The number of hydrogen-bond acceptors (Lipinski definition) is 4. The van der Waals surface area contributed by atoms with E-state index in [1.807, 2.05) is 32.0 Å². The number of hydrogen-bond donors (Lipinski definition) is 1. The van der Waals surface area contributed by atoms with Gasteiger partial charge in [-0.2, -0.15) is 0 Å². The summed E-state index contributed by atoms with van der Waals surface area (Å²) in [6, 6.07) is 9.66. The molecule has 27 heavy (non-hydrogen) atoms. The van der Waals surface area contributed by atoms with E-state index in [4.69, 9.17) is 11.6 Å². The van der Waals surface area contributed by atoms with E-state index in [0.717, 1.165) is 16.8 Å². The second-order valence-corrected chi connectivity index (χ2v) is 7.01. The van der Waals surface area contributed by atoms with Crippen molar-refractivity contribution >= 4 is 40.5 Å². The van der Waals surface area contributed by atoms with Gasteiger partial charge in [0.05, 0.1) is 21.6 Å². The van der Waals surface area contributed by atoms with Gasteiger partial charge in [0.2, 0.25) is 11.8 Å². The number of nitro groups is 1. The van der Waals surface area contributed by atoms with Crippen LogP contribution in [0.15, 0.2) is 36.4 Å². The molecule has 1 aliphatic heterocycles. The number of carbonyl (C=O) groups is 2. The summed E-state index contributed by atoms with van der Waals surface area (Å²) in [6.45, 7) is 4.11. The molecule has 140 valence electrons. The average molecular weight is 388 g/mol. The van der Waals surface area contributed by atoms with Crippen molar-refractivity contribution in [3.8, 4) is 0 Å². The van der Waals surface area contributed by atoms with Gasteiger partial charge < -0.3 is 10.2 Å². The molecule has 2 aromatic rings.